The Kier molecular flexibility index (Phi) is 3.70. The van der Waals surface area contributed by atoms with E-state index in [4.69, 9.17) is 5.11 Å². The van der Waals surface area contributed by atoms with Gasteiger partial charge in [0.25, 0.3) is 0 Å². The first-order valence-corrected chi connectivity index (χ1v) is 2.39. The minimum Gasteiger partial charge on any atom is -0.478 e. The second kappa shape index (κ2) is 4.37. The van der Waals surface area contributed by atoms with Crippen LogP contribution >= 0.6 is 0 Å². The number of nitrogens with zero attached hydrogens (tertiary/aromatic N) is 1. The van der Waals surface area contributed by atoms with Crippen LogP contribution in [0, 0.1) is 4.91 Å². The van der Waals surface area contributed by atoms with Gasteiger partial charge in [-0.1, -0.05) is 5.18 Å². The van der Waals surface area contributed by atoms with E-state index in [2.05, 4.69) is 5.18 Å². The Balaban J connectivity index is 3.77. The van der Waals surface area contributed by atoms with Gasteiger partial charge in [-0.15, -0.1) is 0 Å². The summed E-state index contributed by atoms with van der Waals surface area (Å²) in [6, 6.07) is 0. The van der Waals surface area contributed by atoms with Crippen molar-refractivity contribution >= 4 is 11.8 Å². The van der Waals surface area contributed by atoms with Gasteiger partial charge in [0, 0.05) is 6.08 Å². The first-order chi connectivity index (χ1) is 4.66. The Bertz CT molecular complexity index is 184. The zero-order valence-corrected chi connectivity index (χ0v) is 4.98. The molecule has 0 rings (SSSR count). The van der Waals surface area contributed by atoms with Gasteiger partial charge >= 0.3 is 5.97 Å². The molecule has 0 heterocycles. The summed E-state index contributed by atoms with van der Waals surface area (Å²) in [5.74, 6) is -1.84. The molecule has 0 aliphatic carbocycles. The van der Waals surface area contributed by atoms with Gasteiger partial charge in [-0.2, -0.15) is 4.91 Å². The number of hydrogen-bond donors (Lipinski definition) is 1. The van der Waals surface area contributed by atoms with E-state index in [0.717, 1.165) is 6.08 Å². The monoisotopic (exact) mass is 143 g/mol. The van der Waals surface area contributed by atoms with Gasteiger partial charge in [-0.25, -0.2) is 4.79 Å². The van der Waals surface area contributed by atoms with Crippen molar-refractivity contribution < 1.29 is 14.7 Å². The highest BCUT2D eigenvalue weighted by Gasteiger charge is 1.95. The summed E-state index contributed by atoms with van der Waals surface area (Å²) in [5.41, 5.74) is 0. The summed E-state index contributed by atoms with van der Waals surface area (Å²) in [7, 11) is 0. The Morgan fingerprint density at radius 2 is 2.00 bits per heavy atom. The fourth-order valence-corrected chi connectivity index (χ4v) is 0.281. The van der Waals surface area contributed by atoms with Crippen LogP contribution in [-0.2, 0) is 9.59 Å². The lowest BCUT2D eigenvalue weighted by atomic mass is 10.3. The van der Waals surface area contributed by atoms with Crippen LogP contribution in [0.1, 0.15) is 0 Å². The second-order valence-corrected chi connectivity index (χ2v) is 1.43. The van der Waals surface area contributed by atoms with Crippen molar-refractivity contribution in [2.75, 3.05) is 6.54 Å². The number of carbonyl (C=O) groups is 2. The summed E-state index contributed by atoms with van der Waals surface area (Å²) in [4.78, 5) is 29.5. The van der Waals surface area contributed by atoms with Crippen molar-refractivity contribution in [3.05, 3.63) is 17.1 Å². The summed E-state index contributed by atoms with van der Waals surface area (Å²) < 4.78 is 0. The maximum absolute atomic E-state index is 10.3. The molecule has 0 aromatic carbocycles. The molecule has 0 radical (unpaired) electrons. The highest BCUT2D eigenvalue weighted by Crippen LogP contribution is 1.78. The molecule has 0 fully saturated rings. The molecule has 0 spiro atoms. The third-order valence-electron chi connectivity index (χ3n) is 0.632. The van der Waals surface area contributed by atoms with E-state index in [-0.39, 0.29) is 0 Å². The largest absolute Gasteiger partial charge is 0.478 e. The summed E-state index contributed by atoms with van der Waals surface area (Å²) in [6.07, 6.45) is 1.46. The Morgan fingerprint density at radius 1 is 1.40 bits per heavy atom. The van der Waals surface area contributed by atoms with E-state index in [9.17, 15) is 14.5 Å². The van der Waals surface area contributed by atoms with Crippen molar-refractivity contribution in [3.63, 3.8) is 0 Å². The Labute approximate surface area is 56.3 Å². The van der Waals surface area contributed by atoms with E-state index < -0.39 is 18.3 Å². The molecule has 0 bridgehead atoms. The third kappa shape index (κ3) is 4.63. The molecule has 0 saturated carbocycles. The number of nitroso groups, excluding NO2 is 1. The molecular formula is C5H5NO4. The Hall–Kier alpha value is -1.52. The second-order valence-electron chi connectivity index (χ2n) is 1.43. The maximum atomic E-state index is 10.3. The van der Waals surface area contributed by atoms with Gasteiger partial charge in [0.2, 0.25) is 0 Å². The van der Waals surface area contributed by atoms with Crippen LogP contribution in [0.3, 0.4) is 0 Å². The van der Waals surface area contributed by atoms with Crippen molar-refractivity contribution in [2.24, 2.45) is 5.18 Å². The lowest BCUT2D eigenvalue weighted by Crippen LogP contribution is -1.98. The highest BCUT2D eigenvalue weighted by atomic mass is 16.4. The molecule has 0 aromatic heterocycles. The molecule has 5 heteroatoms. The van der Waals surface area contributed by atoms with E-state index >= 15 is 0 Å². The molecule has 54 valence electrons. The van der Waals surface area contributed by atoms with Crippen molar-refractivity contribution in [1.29, 1.82) is 0 Å². The van der Waals surface area contributed by atoms with Crippen LogP contribution in [0.15, 0.2) is 17.3 Å². The highest BCUT2D eigenvalue weighted by molar-refractivity contribution is 5.96. The standard InChI is InChI=1S/C5H5NO4/c7-4(3-6-10)1-2-5(8)9/h1-2H,3H2,(H,8,9)/b2-1+. The molecule has 0 aromatic rings. The van der Waals surface area contributed by atoms with Gasteiger partial charge in [0.1, 0.15) is 6.54 Å². The van der Waals surface area contributed by atoms with Crippen LogP contribution < -0.4 is 0 Å². The molecule has 5 nitrogen and oxygen atoms in total. The number of aliphatic carboxylic acids is 1. The number of ketones is 1. The van der Waals surface area contributed by atoms with Crippen LogP contribution in [0.5, 0.6) is 0 Å². The minimum atomic E-state index is -1.22. The van der Waals surface area contributed by atoms with Gasteiger partial charge in [-0.05, 0) is 6.08 Å². The molecule has 1 N–H and O–H groups in total. The predicted molar refractivity (Wildman–Crippen MR) is 32.4 cm³/mol. The lowest BCUT2D eigenvalue weighted by Gasteiger charge is -1.79. The van der Waals surface area contributed by atoms with E-state index in [1.807, 2.05) is 0 Å². The average Bonchev–Trinajstić information content (AvgIpc) is 1.85. The minimum absolute atomic E-state index is 0.510. The number of carboxylic acids is 1. The molecule has 10 heavy (non-hydrogen) atoms. The van der Waals surface area contributed by atoms with E-state index in [0.29, 0.717) is 6.08 Å². The third-order valence-corrected chi connectivity index (χ3v) is 0.632. The molecule has 0 aliphatic rings. The van der Waals surface area contributed by atoms with E-state index in [1.165, 1.54) is 0 Å². The number of hydrogen-bond acceptors (Lipinski definition) is 4. The Morgan fingerprint density at radius 3 is 2.40 bits per heavy atom. The molecule has 0 atom stereocenters. The number of carboxylic acid groups (broad SMARTS) is 1. The SMILES string of the molecule is O=NCC(=O)/C=C/C(=O)O. The van der Waals surface area contributed by atoms with Crippen molar-refractivity contribution in [1.82, 2.24) is 0 Å². The topological polar surface area (TPSA) is 83.8 Å². The average molecular weight is 143 g/mol. The van der Waals surface area contributed by atoms with Crippen LogP contribution in [0.2, 0.25) is 0 Å². The molecule has 0 saturated heterocycles. The molecule has 0 unspecified atom stereocenters. The summed E-state index contributed by atoms with van der Waals surface area (Å²) in [6.45, 7) is -0.510. The van der Waals surface area contributed by atoms with Gasteiger partial charge in [0.15, 0.2) is 5.78 Å². The van der Waals surface area contributed by atoms with Crippen molar-refractivity contribution in [2.45, 2.75) is 0 Å². The van der Waals surface area contributed by atoms with Crippen molar-refractivity contribution in [3.8, 4) is 0 Å². The van der Waals surface area contributed by atoms with E-state index in [1.54, 1.807) is 0 Å². The fourth-order valence-electron chi connectivity index (χ4n) is 0.281. The number of rotatable bonds is 4. The summed E-state index contributed by atoms with van der Waals surface area (Å²) >= 11 is 0. The first kappa shape index (κ1) is 8.48. The van der Waals surface area contributed by atoms with Crippen LogP contribution in [0.25, 0.3) is 0 Å². The quantitative estimate of drug-likeness (QED) is 0.442. The fraction of sp³-hybridized carbons (Fsp3) is 0.200. The van der Waals surface area contributed by atoms with Gasteiger partial charge in [-0.3, -0.25) is 4.79 Å². The molecule has 0 aliphatic heterocycles. The summed E-state index contributed by atoms with van der Waals surface area (Å²) in [5, 5.41) is 10.3. The van der Waals surface area contributed by atoms with Gasteiger partial charge in [0.05, 0.1) is 0 Å². The lowest BCUT2D eigenvalue weighted by molar-refractivity contribution is -0.131. The van der Waals surface area contributed by atoms with Crippen LogP contribution in [-0.4, -0.2) is 23.4 Å². The van der Waals surface area contributed by atoms with Gasteiger partial charge < -0.3 is 5.11 Å². The zero-order valence-electron chi connectivity index (χ0n) is 4.98. The predicted octanol–water partition coefficient (Wildman–Crippen LogP) is -0.0373. The molecular weight excluding hydrogens is 138 g/mol. The normalized spacial score (nSPS) is 9.60. The zero-order chi connectivity index (χ0) is 7.98. The first-order valence-electron chi connectivity index (χ1n) is 2.39. The molecule has 0 amide bonds. The number of carbonyl (C=O) groups excluding carboxylic acids is 1. The smallest absolute Gasteiger partial charge is 0.328 e. The maximum Gasteiger partial charge on any atom is 0.328 e. The van der Waals surface area contributed by atoms with Crippen LogP contribution in [0.4, 0.5) is 0 Å².